The topological polar surface area (TPSA) is 74.6 Å². The Kier molecular flexibility index (Phi) is 5.89. The second-order valence-corrected chi connectivity index (χ2v) is 5.98. The van der Waals surface area contributed by atoms with Crippen LogP contribution in [0.3, 0.4) is 0 Å². The van der Waals surface area contributed by atoms with E-state index < -0.39 is 23.1 Å². The molecule has 4 nitrogen and oxygen atoms in total. The molecule has 5 heteroatoms. The van der Waals surface area contributed by atoms with Gasteiger partial charge < -0.3 is 10.2 Å². The zero-order valence-corrected chi connectivity index (χ0v) is 11.8. The summed E-state index contributed by atoms with van der Waals surface area (Å²) in [6.45, 7) is 3.78. The first-order chi connectivity index (χ1) is 8.91. The van der Waals surface area contributed by atoms with E-state index in [1.54, 1.807) is 24.3 Å². The van der Waals surface area contributed by atoms with Gasteiger partial charge in [-0.2, -0.15) is 0 Å². The fourth-order valence-electron chi connectivity index (χ4n) is 1.81. The van der Waals surface area contributed by atoms with Crippen molar-refractivity contribution in [2.45, 2.75) is 30.4 Å². The number of hydrogen-bond acceptors (Lipinski definition) is 3. The largest absolute Gasteiger partial charge is 0.481 e. The highest BCUT2D eigenvalue weighted by atomic mass is 32.2. The number of carboxylic acid groups (broad SMARTS) is 2. The molecule has 19 heavy (non-hydrogen) atoms. The first-order valence-electron chi connectivity index (χ1n) is 6.09. The molecule has 0 saturated carbocycles. The Labute approximate surface area is 116 Å². The number of benzene rings is 1. The molecule has 0 aliphatic heterocycles. The molecule has 0 heterocycles. The van der Waals surface area contributed by atoms with E-state index in [2.05, 4.69) is 0 Å². The Morgan fingerprint density at radius 2 is 1.68 bits per heavy atom. The van der Waals surface area contributed by atoms with Crippen LogP contribution in [0.5, 0.6) is 0 Å². The summed E-state index contributed by atoms with van der Waals surface area (Å²) in [5.41, 5.74) is 0. The van der Waals surface area contributed by atoms with Gasteiger partial charge >= 0.3 is 11.9 Å². The molecule has 0 saturated heterocycles. The third-order valence-electron chi connectivity index (χ3n) is 2.66. The summed E-state index contributed by atoms with van der Waals surface area (Å²) < 4.78 is 0. The monoisotopic (exact) mass is 282 g/mol. The van der Waals surface area contributed by atoms with E-state index >= 15 is 0 Å². The normalized spacial score (nSPS) is 14.1. The van der Waals surface area contributed by atoms with Crippen molar-refractivity contribution in [2.75, 3.05) is 0 Å². The highest BCUT2D eigenvalue weighted by molar-refractivity contribution is 8.00. The Morgan fingerprint density at radius 1 is 1.11 bits per heavy atom. The molecule has 0 radical (unpaired) electrons. The molecular weight excluding hydrogens is 264 g/mol. The van der Waals surface area contributed by atoms with Crippen LogP contribution in [0.1, 0.15) is 20.3 Å². The zero-order chi connectivity index (χ0) is 14.4. The van der Waals surface area contributed by atoms with E-state index in [0.717, 1.165) is 16.7 Å². The molecule has 2 N–H and O–H groups in total. The van der Waals surface area contributed by atoms with E-state index in [1.165, 1.54) is 0 Å². The summed E-state index contributed by atoms with van der Waals surface area (Å²) >= 11 is 1.09. The van der Waals surface area contributed by atoms with Gasteiger partial charge in [0.2, 0.25) is 0 Å². The van der Waals surface area contributed by atoms with Gasteiger partial charge in [-0.05, 0) is 24.5 Å². The third-order valence-corrected chi connectivity index (χ3v) is 3.99. The number of hydrogen-bond donors (Lipinski definition) is 2. The molecule has 104 valence electrons. The van der Waals surface area contributed by atoms with Gasteiger partial charge in [-0.25, -0.2) is 0 Å². The number of carbonyl (C=O) groups is 2. The molecule has 1 aromatic carbocycles. The van der Waals surface area contributed by atoms with Gasteiger partial charge in [0, 0.05) is 4.90 Å². The van der Waals surface area contributed by atoms with Crippen LogP contribution in [0, 0.1) is 11.8 Å². The van der Waals surface area contributed by atoms with Gasteiger partial charge in [-0.1, -0.05) is 32.0 Å². The molecule has 0 spiro atoms. The maximum atomic E-state index is 11.3. The van der Waals surface area contributed by atoms with Crippen molar-refractivity contribution in [2.24, 2.45) is 11.8 Å². The van der Waals surface area contributed by atoms with E-state index in [1.807, 2.05) is 19.9 Å². The smallest absolute Gasteiger partial charge is 0.317 e. The SMILES string of the molecule is CC(C)C[C@@H](C(=O)O)C(Sc1ccccc1)C(=O)O. The molecule has 0 fully saturated rings. The number of carboxylic acids is 2. The molecule has 0 bridgehead atoms. The second kappa shape index (κ2) is 7.19. The molecule has 1 rings (SSSR count). The Hall–Kier alpha value is -1.49. The molecule has 0 aliphatic rings. The number of rotatable bonds is 7. The van der Waals surface area contributed by atoms with Gasteiger partial charge in [-0.3, -0.25) is 9.59 Å². The molecule has 0 aromatic heterocycles. The molecule has 1 aromatic rings. The van der Waals surface area contributed by atoms with E-state index in [9.17, 15) is 19.8 Å². The minimum absolute atomic E-state index is 0.138. The first kappa shape index (κ1) is 15.6. The minimum atomic E-state index is -1.08. The average molecular weight is 282 g/mol. The van der Waals surface area contributed by atoms with Crippen LogP contribution in [0.2, 0.25) is 0 Å². The number of thioether (sulfide) groups is 1. The van der Waals surface area contributed by atoms with Crippen molar-refractivity contribution in [3.63, 3.8) is 0 Å². The molecule has 1 unspecified atom stereocenters. The summed E-state index contributed by atoms with van der Waals surface area (Å²) in [7, 11) is 0. The molecular formula is C14H18O4S. The highest BCUT2D eigenvalue weighted by Crippen LogP contribution is 2.31. The Bertz CT molecular complexity index is 430. The standard InChI is InChI=1S/C14H18O4S/c1-9(2)8-11(13(15)16)12(14(17)18)19-10-6-4-3-5-7-10/h3-7,9,11-12H,8H2,1-2H3,(H,15,16)(H,17,18)/t11-,12?/m1/s1. The lowest BCUT2D eigenvalue weighted by Gasteiger charge is -2.21. The van der Waals surface area contributed by atoms with Crippen molar-refractivity contribution in [3.8, 4) is 0 Å². The number of aliphatic carboxylic acids is 2. The second-order valence-electron chi connectivity index (χ2n) is 4.76. The van der Waals surface area contributed by atoms with Crippen molar-refractivity contribution in [3.05, 3.63) is 30.3 Å². The van der Waals surface area contributed by atoms with E-state index in [4.69, 9.17) is 0 Å². The lowest BCUT2D eigenvalue weighted by atomic mass is 9.94. The summed E-state index contributed by atoms with van der Waals surface area (Å²) in [5, 5.41) is 17.6. The van der Waals surface area contributed by atoms with Gasteiger partial charge in [0.15, 0.2) is 0 Å². The average Bonchev–Trinajstić information content (AvgIpc) is 2.34. The first-order valence-corrected chi connectivity index (χ1v) is 6.97. The van der Waals surface area contributed by atoms with E-state index in [-0.39, 0.29) is 5.92 Å². The van der Waals surface area contributed by atoms with Crippen LogP contribution in [-0.4, -0.2) is 27.4 Å². The fraction of sp³-hybridized carbons (Fsp3) is 0.429. The van der Waals surface area contributed by atoms with Crippen molar-refractivity contribution < 1.29 is 19.8 Å². The summed E-state index contributed by atoms with van der Waals surface area (Å²) in [5.74, 6) is -2.88. The quantitative estimate of drug-likeness (QED) is 0.752. The van der Waals surface area contributed by atoms with Crippen molar-refractivity contribution in [1.29, 1.82) is 0 Å². The zero-order valence-electron chi connectivity index (χ0n) is 10.9. The van der Waals surface area contributed by atoms with E-state index in [0.29, 0.717) is 6.42 Å². The fourth-order valence-corrected chi connectivity index (χ4v) is 2.91. The van der Waals surface area contributed by atoms with Crippen molar-refractivity contribution in [1.82, 2.24) is 0 Å². The Morgan fingerprint density at radius 3 is 2.11 bits per heavy atom. The summed E-state index contributed by atoms with van der Waals surface area (Å²) in [4.78, 5) is 23.4. The third kappa shape index (κ3) is 4.95. The van der Waals surface area contributed by atoms with Crippen LogP contribution in [0.15, 0.2) is 35.2 Å². The van der Waals surface area contributed by atoms with Gasteiger partial charge in [0.05, 0.1) is 5.92 Å². The molecule has 0 aliphatic carbocycles. The molecule has 0 amide bonds. The maximum absolute atomic E-state index is 11.3. The lowest BCUT2D eigenvalue weighted by Crippen LogP contribution is -2.33. The van der Waals surface area contributed by atoms with Crippen LogP contribution in [0.25, 0.3) is 0 Å². The maximum Gasteiger partial charge on any atom is 0.317 e. The predicted octanol–water partition coefficient (Wildman–Crippen LogP) is 2.98. The summed E-state index contributed by atoms with van der Waals surface area (Å²) in [6, 6.07) is 9.02. The minimum Gasteiger partial charge on any atom is -0.481 e. The van der Waals surface area contributed by atoms with Gasteiger partial charge in [-0.15, -0.1) is 11.8 Å². The van der Waals surface area contributed by atoms with Crippen LogP contribution >= 0.6 is 11.8 Å². The Balaban J connectivity index is 2.91. The predicted molar refractivity (Wildman–Crippen MR) is 74.3 cm³/mol. The highest BCUT2D eigenvalue weighted by Gasteiger charge is 2.35. The van der Waals surface area contributed by atoms with Gasteiger partial charge in [0.25, 0.3) is 0 Å². The van der Waals surface area contributed by atoms with Crippen molar-refractivity contribution >= 4 is 23.7 Å². The van der Waals surface area contributed by atoms with Gasteiger partial charge in [0.1, 0.15) is 5.25 Å². The summed E-state index contributed by atoms with van der Waals surface area (Å²) in [6.07, 6.45) is 0.353. The van der Waals surface area contributed by atoms with Crippen LogP contribution in [0.4, 0.5) is 0 Å². The van der Waals surface area contributed by atoms with Crippen LogP contribution < -0.4 is 0 Å². The molecule has 2 atom stereocenters. The van der Waals surface area contributed by atoms with Crippen LogP contribution in [-0.2, 0) is 9.59 Å². The lowest BCUT2D eigenvalue weighted by molar-refractivity contribution is -0.148.